The maximum absolute atomic E-state index is 13.8. The van der Waals surface area contributed by atoms with Crippen LogP contribution in [0.25, 0.3) is 0 Å². The average Bonchev–Trinajstić information content (AvgIpc) is 3.46. The number of piperidine rings is 1. The predicted octanol–water partition coefficient (Wildman–Crippen LogP) is 5.08. The van der Waals surface area contributed by atoms with E-state index in [-0.39, 0.29) is 17.9 Å². The lowest BCUT2D eigenvalue weighted by Gasteiger charge is -2.40. The Morgan fingerprint density at radius 2 is 2.15 bits per heavy atom. The summed E-state index contributed by atoms with van der Waals surface area (Å²) in [6.07, 6.45) is 13.2. The molecule has 3 heterocycles. The summed E-state index contributed by atoms with van der Waals surface area (Å²) >= 11 is 0. The molecule has 2 aromatic rings. The number of pyridine rings is 1. The van der Waals surface area contributed by atoms with Crippen LogP contribution in [0.5, 0.6) is 0 Å². The van der Waals surface area contributed by atoms with E-state index in [1.54, 1.807) is 11.1 Å². The number of oxazole rings is 1. The molecule has 3 unspecified atom stereocenters. The molecule has 1 aliphatic carbocycles. The molecular formula is C28H35F2N6O3P. The molecule has 9 nitrogen and oxygen atoms in total. The number of anilines is 1. The van der Waals surface area contributed by atoms with Gasteiger partial charge in [-0.05, 0) is 37.8 Å². The molecule has 214 valence electrons. The van der Waals surface area contributed by atoms with Crippen molar-refractivity contribution in [3.05, 3.63) is 77.1 Å². The number of carbonyl (C=O) groups is 1. The lowest BCUT2D eigenvalue weighted by molar-refractivity contribution is 0.0458. The zero-order valence-corrected chi connectivity index (χ0v) is 23.8. The van der Waals surface area contributed by atoms with E-state index in [2.05, 4.69) is 22.1 Å². The van der Waals surface area contributed by atoms with Gasteiger partial charge in [-0.25, -0.2) is 4.98 Å². The molecule has 2 aromatic heterocycles. The van der Waals surface area contributed by atoms with E-state index in [0.717, 1.165) is 42.1 Å². The quantitative estimate of drug-likeness (QED) is 0.400. The first kappa shape index (κ1) is 29.6. The fourth-order valence-electron chi connectivity index (χ4n) is 4.93. The Hall–Kier alpha value is -3.43. The number of allylic oxidation sites excluding steroid dienone is 3. The largest absolute Gasteiger partial charge is 0.446 e. The second kappa shape index (κ2) is 12.8. The number of carbonyl (C=O) groups excluding carboxylic acids is 1. The second-order valence-corrected chi connectivity index (χ2v) is 10.3. The van der Waals surface area contributed by atoms with Crippen molar-refractivity contribution in [2.45, 2.75) is 70.4 Å². The van der Waals surface area contributed by atoms with Crippen LogP contribution >= 0.6 is 9.24 Å². The van der Waals surface area contributed by atoms with E-state index in [1.165, 1.54) is 15.5 Å². The van der Waals surface area contributed by atoms with Crippen molar-refractivity contribution in [3.63, 3.8) is 0 Å². The molecule has 4 N–H and O–H groups in total. The highest BCUT2D eigenvalue weighted by atomic mass is 31.0. The monoisotopic (exact) mass is 572 g/mol. The highest BCUT2D eigenvalue weighted by molar-refractivity contribution is 7.17. The van der Waals surface area contributed by atoms with Crippen molar-refractivity contribution in [2.75, 3.05) is 12.3 Å². The minimum atomic E-state index is -3.26. The lowest BCUT2D eigenvalue weighted by atomic mass is 9.87. The van der Waals surface area contributed by atoms with Crippen LogP contribution in [0.2, 0.25) is 0 Å². The third-order valence-electron chi connectivity index (χ3n) is 6.92. The van der Waals surface area contributed by atoms with Crippen molar-refractivity contribution in [2.24, 2.45) is 10.7 Å². The van der Waals surface area contributed by atoms with Gasteiger partial charge >= 0.3 is 0 Å². The molecule has 0 radical (unpaired) electrons. The van der Waals surface area contributed by atoms with E-state index < -0.39 is 29.4 Å². The Morgan fingerprint density at radius 1 is 1.35 bits per heavy atom. The van der Waals surface area contributed by atoms with Crippen LogP contribution in [-0.2, 0) is 17.0 Å². The molecule has 1 aliphatic heterocycles. The maximum Gasteiger partial charge on any atom is 0.300 e. The van der Waals surface area contributed by atoms with Crippen molar-refractivity contribution < 1.29 is 22.7 Å². The number of hydrogen-bond acceptors (Lipinski definition) is 8. The summed E-state index contributed by atoms with van der Waals surface area (Å²) in [6.45, 7) is 4.39. The number of ether oxygens (including phenoxy) is 1. The molecule has 0 bridgehead atoms. The Bertz CT molecular complexity index is 1330. The van der Waals surface area contributed by atoms with E-state index in [4.69, 9.17) is 25.6 Å². The minimum absolute atomic E-state index is 0.0554. The van der Waals surface area contributed by atoms with Gasteiger partial charge in [-0.15, -0.1) is 0 Å². The number of hydrogen-bond donors (Lipinski definition) is 2. The molecular weight excluding hydrogens is 537 g/mol. The van der Waals surface area contributed by atoms with Gasteiger partial charge in [-0.2, -0.15) is 8.78 Å². The van der Waals surface area contributed by atoms with E-state index in [0.29, 0.717) is 37.4 Å². The number of nitrogens with two attached hydrogens (primary N) is 2. The third kappa shape index (κ3) is 6.64. The summed E-state index contributed by atoms with van der Waals surface area (Å²) in [6, 6.07) is 0.587. The number of alkyl halides is 2. The van der Waals surface area contributed by atoms with Gasteiger partial charge in [-0.3, -0.25) is 14.8 Å². The number of likely N-dealkylation sites (tertiary alicyclic amines) is 1. The van der Waals surface area contributed by atoms with Gasteiger partial charge in [0.15, 0.2) is 0 Å². The summed E-state index contributed by atoms with van der Waals surface area (Å²) in [7, 11) is 1.42. The lowest BCUT2D eigenvalue weighted by Crippen LogP contribution is -2.49. The summed E-state index contributed by atoms with van der Waals surface area (Å²) in [5.41, 5.74) is 11.9. The minimum Gasteiger partial charge on any atom is -0.446 e. The van der Waals surface area contributed by atoms with Gasteiger partial charge in [0, 0.05) is 41.8 Å². The number of amides is 1. The number of nitrogens with zero attached hydrogens (tertiary/aromatic N) is 4. The summed E-state index contributed by atoms with van der Waals surface area (Å²) < 4.78 is 38.9. The fourth-order valence-corrected chi connectivity index (χ4v) is 5.09. The Labute approximate surface area is 234 Å². The molecule has 0 spiro atoms. The zero-order valence-electron chi connectivity index (χ0n) is 22.6. The van der Waals surface area contributed by atoms with Crippen LogP contribution in [0.1, 0.15) is 67.9 Å². The molecule has 2 aliphatic rings. The average molecular weight is 573 g/mol. The third-order valence-corrected chi connectivity index (χ3v) is 7.22. The number of nitrogen functional groups attached to an aromatic ring is 1. The van der Waals surface area contributed by atoms with Crippen LogP contribution in [0.3, 0.4) is 0 Å². The Balaban J connectivity index is 1.73. The molecule has 0 saturated carbocycles. The molecule has 3 atom stereocenters. The SMILES string of the molecule is CCC(OCc1ncco1)/C(N)=C1/C(=NC2=CCCC=C2)CCN(C(=O)c2cnc(C(F)(F)P)cc2N)C1CC. The highest BCUT2D eigenvalue weighted by Crippen LogP contribution is 2.36. The first-order valence-electron chi connectivity index (χ1n) is 13.3. The molecule has 1 amide bonds. The van der Waals surface area contributed by atoms with Gasteiger partial charge in [-0.1, -0.05) is 35.2 Å². The first-order chi connectivity index (χ1) is 19.1. The van der Waals surface area contributed by atoms with Crippen molar-refractivity contribution >= 4 is 26.5 Å². The zero-order chi connectivity index (χ0) is 28.9. The number of aliphatic imine (C=N–C) groups is 1. The second-order valence-electron chi connectivity index (χ2n) is 9.62. The van der Waals surface area contributed by atoms with Crippen molar-refractivity contribution in [1.82, 2.24) is 14.9 Å². The van der Waals surface area contributed by atoms with Gasteiger partial charge < -0.3 is 25.5 Å². The Kier molecular flexibility index (Phi) is 9.48. The van der Waals surface area contributed by atoms with Crippen molar-refractivity contribution in [1.29, 1.82) is 0 Å². The molecule has 4 rings (SSSR count). The number of aromatic nitrogens is 2. The van der Waals surface area contributed by atoms with Gasteiger partial charge in [0.25, 0.3) is 11.6 Å². The van der Waals surface area contributed by atoms with Gasteiger partial charge in [0.1, 0.15) is 18.6 Å². The molecule has 12 heteroatoms. The normalized spacial score (nSPS) is 20.9. The van der Waals surface area contributed by atoms with Crippen LogP contribution in [-0.4, -0.2) is 45.2 Å². The molecule has 1 fully saturated rings. The van der Waals surface area contributed by atoms with E-state index in [1.807, 2.05) is 19.9 Å². The summed E-state index contributed by atoms with van der Waals surface area (Å²) in [5, 5.41) is 0. The number of rotatable bonds is 9. The van der Waals surface area contributed by atoms with Crippen molar-refractivity contribution in [3.8, 4) is 0 Å². The van der Waals surface area contributed by atoms with Crippen LogP contribution in [0.15, 0.2) is 69.3 Å². The Morgan fingerprint density at radius 3 is 2.75 bits per heavy atom. The van der Waals surface area contributed by atoms with Crippen LogP contribution in [0.4, 0.5) is 14.5 Å². The van der Waals surface area contributed by atoms with E-state index in [9.17, 15) is 13.6 Å². The van der Waals surface area contributed by atoms with Gasteiger partial charge in [0.2, 0.25) is 5.89 Å². The van der Waals surface area contributed by atoms with Crippen LogP contribution < -0.4 is 11.5 Å². The first-order valence-corrected chi connectivity index (χ1v) is 13.9. The van der Waals surface area contributed by atoms with Crippen LogP contribution in [0, 0.1) is 0 Å². The summed E-state index contributed by atoms with van der Waals surface area (Å²) in [5.74, 6) is 0.0166. The van der Waals surface area contributed by atoms with Gasteiger partial charge in [0.05, 0.1) is 29.6 Å². The number of halogens is 2. The predicted molar refractivity (Wildman–Crippen MR) is 152 cm³/mol. The molecule has 1 saturated heterocycles. The standard InChI is InChI=1S/C28H35F2N6O3P/c1-3-21-25(26(32)22(4-2)39-16-24-33-11-13-38-24)20(35-17-8-6-5-7-9-17)10-12-36(21)27(37)18-15-34-23(14-19(18)31)28(29,30)40/h6,8-9,11,13-15,21-22H,3-5,7,10,12,16,32,40H2,1-2H3,(H2,31,34)/b26-25+,35-20?. The topological polar surface area (TPSA) is 133 Å². The molecule has 0 aromatic carbocycles. The smallest absolute Gasteiger partial charge is 0.300 e. The van der Waals surface area contributed by atoms with E-state index >= 15 is 0 Å². The summed E-state index contributed by atoms with van der Waals surface area (Å²) in [4.78, 5) is 28.3. The maximum atomic E-state index is 13.8. The fraction of sp³-hybridized carbons (Fsp3) is 0.429. The molecule has 40 heavy (non-hydrogen) atoms. The highest BCUT2D eigenvalue weighted by Gasteiger charge is 2.37.